The molecule has 0 aliphatic rings. The quantitative estimate of drug-likeness (QED) is 0.643. The van der Waals surface area contributed by atoms with Gasteiger partial charge in [-0.15, -0.1) is 0 Å². The van der Waals surface area contributed by atoms with Crippen molar-refractivity contribution < 1.29 is 4.79 Å². The zero-order chi connectivity index (χ0) is 13.7. The van der Waals surface area contributed by atoms with Gasteiger partial charge in [-0.3, -0.25) is 4.79 Å². The highest BCUT2D eigenvalue weighted by Gasteiger charge is 2.03. The number of halogens is 1. The highest BCUT2D eigenvalue weighted by molar-refractivity contribution is 14.1. The highest BCUT2D eigenvalue weighted by atomic mass is 127. The lowest BCUT2D eigenvalue weighted by atomic mass is 10.1. The first kappa shape index (κ1) is 13.9. The Morgan fingerprint density at radius 3 is 2.32 bits per heavy atom. The van der Waals surface area contributed by atoms with E-state index in [2.05, 4.69) is 27.9 Å². The van der Waals surface area contributed by atoms with Crippen molar-refractivity contribution in [3.8, 4) is 0 Å². The number of carbonyl (C=O) groups excluding carboxylic acids is 1. The Morgan fingerprint density at radius 2 is 1.68 bits per heavy atom. The van der Waals surface area contributed by atoms with E-state index in [-0.39, 0.29) is 5.91 Å². The largest absolute Gasteiger partial charge is 0.399 e. The smallest absolute Gasteiger partial charge is 0.224 e. The molecule has 0 radical (unpaired) electrons. The molecular weight excluding hydrogens is 351 g/mol. The Hall–Kier alpha value is -1.56. The Morgan fingerprint density at radius 1 is 1.05 bits per heavy atom. The van der Waals surface area contributed by atoms with Gasteiger partial charge in [-0.05, 0) is 71.0 Å². The molecule has 0 aromatic heterocycles. The Balaban J connectivity index is 1.84. The molecule has 2 aromatic rings. The Labute approximate surface area is 126 Å². The van der Waals surface area contributed by atoms with Crippen LogP contribution in [0.5, 0.6) is 0 Å². The lowest BCUT2D eigenvalue weighted by Crippen LogP contribution is -2.12. The third-order valence-electron chi connectivity index (χ3n) is 2.75. The molecule has 2 aromatic carbocycles. The van der Waals surface area contributed by atoms with Gasteiger partial charge in [0.15, 0.2) is 0 Å². The van der Waals surface area contributed by atoms with Crippen LogP contribution < -0.4 is 11.1 Å². The zero-order valence-electron chi connectivity index (χ0n) is 10.4. The van der Waals surface area contributed by atoms with Crippen molar-refractivity contribution >= 4 is 39.9 Å². The van der Waals surface area contributed by atoms with Crippen molar-refractivity contribution in [2.24, 2.45) is 0 Å². The minimum Gasteiger partial charge on any atom is -0.399 e. The van der Waals surface area contributed by atoms with Crippen molar-refractivity contribution in [3.05, 3.63) is 57.7 Å². The molecule has 98 valence electrons. The van der Waals surface area contributed by atoms with Crippen LogP contribution in [-0.2, 0) is 11.2 Å². The van der Waals surface area contributed by atoms with Crippen molar-refractivity contribution in [1.29, 1.82) is 0 Å². The molecule has 0 unspecified atom stereocenters. The number of benzene rings is 2. The second kappa shape index (κ2) is 6.56. The predicted molar refractivity (Wildman–Crippen MR) is 87.0 cm³/mol. The summed E-state index contributed by atoms with van der Waals surface area (Å²) in [5.41, 5.74) is 8.31. The first-order chi connectivity index (χ1) is 9.13. The van der Waals surface area contributed by atoms with Gasteiger partial charge in [-0.25, -0.2) is 0 Å². The minimum absolute atomic E-state index is 0.0260. The van der Waals surface area contributed by atoms with E-state index in [0.29, 0.717) is 6.42 Å². The molecule has 0 atom stereocenters. The van der Waals surface area contributed by atoms with Crippen molar-refractivity contribution in [2.75, 3.05) is 11.1 Å². The summed E-state index contributed by atoms with van der Waals surface area (Å²) in [6.45, 7) is 0. The second-order valence-electron chi connectivity index (χ2n) is 4.30. The maximum atomic E-state index is 11.8. The molecule has 0 aliphatic carbocycles. The van der Waals surface area contributed by atoms with Gasteiger partial charge in [-0.1, -0.05) is 12.1 Å². The van der Waals surface area contributed by atoms with Gasteiger partial charge in [0, 0.05) is 21.4 Å². The summed E-state index contributed by atoms with van der Waals surface area (Å²) in [7, 11) is 0. The molecule has 3 nitrogen and oxygen atoms in total. The number of amides is 1. The summed E-state index contributed by atoms with van der Waals surface area (Å²) in [5, 5.41) is 2.88. The molecular formula is C15H15IN2O. The van der Waals surface area contributed by atoms with Crippen LogP contribution in [0.1, 0.15) is 12.0 Å². The molecule has 3 N–H and O–H groups in total. The van der Waals surface area contributed by atoms with Crippen LogP contribution in [0.2, 0.25) is 0 Å². The van der Waals surface area contributed by atoms with Gasteiger partial charge in [0.1, 0.15) is 0 Å². The van der Waals surface area contributed by atoms with Crippen LogP contribution in [0.3, 0.4) is 0 Å². The summed E-state index contributed by atoms with van der Waals surface area (Å²) in [6, 6.07) is 15.4. The van der Waals surface area contributed by atoms with E-state index in [1.54, 1.807) is 0 Å². The lowest BCUT2D eigenvalue weighted by Gasteiger charge is -2.05. The van der Waals surface area contributed by atoms with Gasteiger partial charge in [-0.2, -0.15) is 0 Å². The summed E-state index contributed by atoms with van der Waals surface area (Å²) in [5.74, 6) is 0.0260. The second-order valence-corrected chi connectivity index (χ2v) is 5.54. The van der Waals surface area contributed by atoms with E-state index in [4.69, 9.17) is 5.73 Å². The molecule has 4 heteroatoms. The maximum Gasteiger partial charge on any atom is 0.224 e. The molecule has 0 saturated carbocycles. The van der Waals surface area contributed by atoms with E-state index in [9.17, 15) is 4.79 Å². The average Bonchev–Trinajstić information content (AvgIpc) is 2.41. The number of carbonyl (C=O) groups is 1. The molecule has 2 rings (SSSR count). The molecule has 0 fully saturated rings. The third-order valence-corrected chi connectivity index (χ3v) is 3.47. The lowest BCUT2D eigenvalue weighted by molar-refractivity contribution is -0.116. The molecule has 19 heavy (non-hydrogen) atoms. The standard InChI is InChI=1S/C15H15IN2O/c16-12-4-8-14(9-5-12)18-15(19)10-3-11-1-6-13(17)7-2-11/h1-2,4-9H,3,10,17H2,(H,18,19). The fourth-order valence-corrected chi connectivity index (χ4v) is 2.06. The third kappa shape index (κ3) is 4.55. The van der Waals surface area contributed by atoms with E-state index in [0.717, 1.165) is 26.9 Å². The number of hydrogen-bond acceptors (Lipinski definition) is 2. The fourth-order valence-electron chi connectivity index (χ4n) is 1.70. The first-order valence-corrected chi connectivity index (χ1v) is 7.11. The number of nitrogens with two attached hydrogens (primary N) is 1. The average molecular weight is 366 g/mol. The zero-order valence-corrected chi connectivity index (χ0v) is 12.6. The molecule has 0 bridgehead atoms. The Kier molecular flexibility index (Phi) is 4.79. The topological polar surface area (TPSA) is 55.1 Å². The normalized spacial score (nSPS) is 10.2. The molecule has 0 aliphatic heterocycles. The summed E-state index contributed by atoms with van der Waals surface area (Å²) < 4.78 is 1.15. The number of aryl methyl sites for hydroxylation is 1. The number of hydrogen-bond donors (Lipinski definition) is 2. The predicted octanol–water partition coefficient (Wildman–Crippen LogP) is 3.44. The number of anilines is 2. The Bertz CT molecular complexity index is 549. The van der Waals surface area contributed by atoms with Crippen molar-refractivity contribution in [1.82, 2.24) is 0 Å². The molecule has 1 amide bonds. The molecule has 0 heterocycles. The van der Waals surface area contributed by atoms with E-state index >= 15 is 0 Å². The summed E-state index contributed by atoms with van der Waals surface area (Å²) in [6.07, 6.45) is 1.19. The van der Waals surface area contributed by atoms with Gasteiger partial charge >= 0.3 is 0 Å². The van der Waals surface area contributed by atoms with Gasteiger partial charge in [0.25, 0.3) is 0 Å². The van der Waals surface area contributed by atoms with Crippen LogP contribution in [0.15, 0.2) is 48.5 Å². The van der Waals surface area contributed by atoms with Crippen LogP contribution >= 0.6 is 22.6 Å². The number of nitrogen functional groups attached to an aromatic ring is 1. The van der Waals surface area contributed by atoms with Crippen LogP contribution in [0.4, 0.5) is 11.4 Å². The van der Waals surface area contributed by atoms with Crippen LogP contribution in [-0.4, -0.2) is 5.91 Å². The molecule has 0 spiro atoms. The summed E-state index contributed by atoms with van der Waals surface area (Å²) >= 11 is 2.23. The number of nitrogens with one attached hydrogen (secondary N) is 1. The van der Waals surface area contributed by atoms with Gasteiger partial charge in [0.05, 0.1) is 0 Å². The monoisotopic (exact) mass is 366 g/mol. The highest BCUT2D eigenvalue weighted by Crippen LogP contribution is 2.12. The van der Waals surface area contributed by atoms with Crippen molar-refractivity contribution in [2.45, 2.75) is 12.8 Å². The van der Waals surface area contributed by atoms with Gasteiger partial charge < -0.3 is 11.1 Å². The van der Waals surface area contributed by atoms with Crippen LogP contribution in [0, 0.1) is 3.57 Å². The maximum absolute atomic E-state index is 11.8. The minimum atomic E-state index is 0.0260. The van der Waals surface area contributed by atoms with Crippen molar-refractivity contribution in [3.63, 3.8) is 0 Å². The van der Waals surface area contributed by atoms with Gasteiger partial charge in [0.2, 0.25) is 5.91 Å². The van der Waals surface area contributed by atoms with E-state index < -0.39 is 0 Å². The first-order valence-electron chi connectivity index (χ1n) is 6.03. The fraction of sp³-hybridized carbons (Fsp3) is 0.133. The van der Waals surface area contributed by atoms with E-state index in [1.165, 1.54) is 0 Å². The SMILES string of the molecule is Nc1ccc(CCC(=O)Nc2ccc(I)cc2)cc1. The van der Waals surface area contributed by atoms with E-state index in [1.807, 2.05) is 48.5 Å². The number of rotatable bonds is 4. The summed E-state index contributed by atoms with van der Waals surface area (Å²) in [4.78, 5) is 11.8. The molecule has 0 saturated heterocycles. The van der Waals surface area contributed by atoms with Crippen LogP contribution in [0.25, 0.3) is 0 Å².